The molecule has 0 bridgehead atoms. The first-order valence-electron chi connectivity index (χ1n) is 6.78. The first-order chi connectivity index (χ1) is 9.65. The fourth-order valence-corrected chi connectivity index (χ4v) is 3.25. The Balaban J connectivity index is 2.05. The van der Waals surface area contributed by atoms with Gasteiger partial charge in [0.05, 0.1) is 11.3 Å². The Morgan fingerprint density at radius 3 is 2.65 bits per heavy atom. The van der Waals surface area contributed by atoms with Gasteiger partial charge >= 0.3 is 0 Å². The number of carbonyl (C=O) groups is 1. The highest BCUT2D eigenvalue weighted by Crippen LogP contribution is 2.30. The number of nitrogens with two attached hydrogens (primary N) is 1. The summed E-state index contributed by atoms with van der Waals surface area (Å²) in [6, 6.07) is 8.45. The molecule has 1 aliphatic rings. The number of anilines is 1. The summed E-state index contributed by atoms with van der Waals surface area (Å²) in [4.78, 5) is 12.1. The molecule has 1 aliphatic carbocycles. The van der Waals surface area contributed by atoms with Crippen LogP contribution in [-0.4, -0.2) is 18.2 Å². The first-order valence-corrected chi connectivity index (χ1v) is 8.01. The molecule has 0 unspecified atom stereocenters. The van der Waals surface area contributed by atoms with Crippen LogP contribution < -0.4 is 11.1 Å². The summed E-state index contributed by atoms with van der Waals surface area (Å²) in [7, 11) is 0. The molecule has 0 saturated heterocycles. The molecule has 1 aromatic carbocycles. The number of carbonyl (C=O) groups excluding carboxylic acids is 1. The summed E-state index contributed by atoms with van der Waals surface area (Å²) in [6.45, 7) is 0. The second-order valence-electron chi connectivity index (χ2n) is 5.09. The van der Waals surface area contributed by atoms with Gasteiger partial charge in [-0.15, -0.1) is 11.8 Å². The third-order valence-electron chi connectivity index (χ3n) is 3.85. The van der Waals surface area contributed by atoms with Gasteiger partial charge in [-0.25, -0.2) is 0 Å². The molecule has 0 aliphatic heterocycles. The van der Waals surface area contributed by atoms with Crippen molar-refractivity contribution in [1.29, 1.82) is 5.26 Å². The topological polar surface area (TPSA) is 78.9 Å². The zero-order valence-electron chi connectivity index (χ0n) is 11.6. The van der Waals surface area contributed by atoms with Crippen LogP contribution in [0.25, 0.3) is 0 Å². The molecular formula is C15H19N3OS. The molecular weight excluding hydrogens is 270 g/mol. The molecule has 1 amide bonds. The Labute approximate surface area is 123 Å². The molecule has 0 heterocycles. The highest BCUT2D eigenvalue weighted by atomic mass is 32.2. The van der Waals surface area contributed by atoms with Crippen LogP contribution in [0, 0.1) is 17.2 Å². The lowest BCUT2D eigenvalue weighted by Crippen LogP contribution is -2.32. The average molecular weight is 289 g/mol. The van der Waals surface area contributed by atoms with Gasteiger partial charge in [0.25, 0.3) is 0 Å². The normalized spacial score (nSPS) is 22.0. The van der Waals surface area contributed by atoms with Gasteiger partial charge in [0, 0.05) is 16.9 Å². The predicted octanol–water partition coefficient (Wildman–Crippen LogP) is 2.74. The van der Waals surface area contributed by atoms with Crippen LogP contribution >= 0.6 is 11.8 Å². The van der Waals surface area contributed by atoms with Gasteiger partial charge in [0.1, 0.15) is 6.07 Å². The van der Waals surface area contributed by atoms with E-state index < -0.39 is 0 Å². The molecule has 0 radical (unpaired) electrons. The highest BCUT2D eigenvalue weighted by Gasteiger charge is 2.25. The SMILES string of the molecule is CSc1cccc(NC2CCC(C(N)=O)CC2)c1C#N. The van der Waals surface area contributed by atoms with E-state index in [2.05, 4.69) is 11.4 Å². The van der Waals surface area contributed by atoms with Gasteiger partial charge in [-0.1, -0.05) is 6.07 Å². The monoisotopic (exact) mass is 289 g/mol. The lowest BCUT2D eigenvalue weighted by atomic mass is 9.85. The fraction of sp³-hybridized carbons (Fsp3) is 0.467. The third-order valence-corrected chi connectivity index (χ3v) is 4.63. The van der Waals surface area contributed by atoms with Crippen molar-refractivity contribution < 1.29 is 4.79 Å². The molecule has 0 aromatic heterocycles. The molecule has 4 nitrogen and oxygen atoms in total. The minimum Gasteiger partial charge on any atom is -0.381 e. The molecule has 5 heteroatoms. The summed E-state index contributed by atoms with van der Waals surface area (Å²) in [5, 5.41) is 12.8. The van der Waals surface area contributed by atoms with Gasteiger partial charge in [0.2, 0.25) is 5.91 Å². The van der Waals surface area contributed by atoms with E-state index in [1.165, 1.54) is 0 Å². The largest absolute Gasteiger partial charge is 0.381 e. The molecule has 1 aromatic rings. The van der Waals surface area contributed by atoms with Crippen LogP contribution in [0.2, 0.25) is 0 Å². The van der Waals surface area contributed by atoms with E-state index in [-0.39, 0.29) is 11.8 Å². The lowest BCUT2D eigenvalue weighted by Gasteiger charge is -2.28. The lowest BCUT2D eigenvalue weighted by molar-refractivity contribution is -0.122. The molecule has 0 spiro atoms. The van der Waals surface area contributed by atoms with Crippen molar-refractivity contribution in [3.05, 3.63) is 23.8 Å². The van der Waals surface area contributed by atoms with Crippen LogP contribution in [0.5, 0.6) is 0 Å². The number of nitrogens with zero attached hydrogens (tertiary/aromatic N) is 1. The van der Waals surface area contributed by atoms with Crippen molar-refractivity contribution in [2.24, 2.45) is 11.7 Å². The number of primary amides is 1. The van der Waals surface area contributed by atoms with Crippen molar-refractivity contribution in [3.8, 4) is 6.07 Å². The molecule has 106 valence electrons. The van der Waals surface area contributed by atoms with E-state index >= 15 is 0 Å². The van der Waals surface area contributed by atoms with E-state index in [0.29, 0.717) is 11.6 Å². The first kappa shape index (κ1) is 14.7. The summed E-state index contributed by atoms with van der Waals surface area (Å²) in [5.41, 5.74) is 6.94. The Bertz CT molecular complexity index is 530. The van der Waals surface area contributed by atoms with Gasteiger partial charge in [0.15, 0.2) is 0 Å². The quantitative estimate of drug-likeness (QED) is 0.835. The Kier molecular flexibility index (Phi) is 4.91. The number of nitrogens with one attached hydrogen (secondary N) is 1. The van der Waals surface area contributed by atoms with Crippen molar-refractivity contribution in [3.63, 3.8) is 0 Å². The summed E-state index contributed by atoms with van der Waals surface area (Å²) >= 11 is 1.58. The summed E-state index contributed by atoms with van der Waals surface area (Å²) < 4.78 is 0. The standard InChI is InChI=1S/C15H19N3OS/c1-20-14-4-2-3-13(12(14)9-16)18-11-7-5-10(6-8-11)15(17)19/h2-4,10-11,18H,5-8H2,1H3,(H2,17,19). The summed E-state index contributed by atoms with van der Waals surface area (Å²) in [5.74, 6) is -0.174. The van der Waals surface area contributed by atoms with E-state index in [1.807, 2.05) is 24.5 Å². The van der Waals surface area contributed by atoms with Gasteiger partial charge < -0.3 is 11.1 Å². The van der Waals surface area contributed by atoms with E-state index in [0.717, 1.165) is 36.3 Å². The summed E-state index contributed by atoms with van der Waals surface area (Å²) in [6.07, 6.45) is 5.47. The van der Waals surface area contributed by atoms with Crippen molar-refractivity contribution in [2.75, 3.05) is 11.6 Å². The van der Waals surface area contributed by atoms with Crippen molar-refractivity contribution in [1.82, 2.24) is 0 Å². The number of benzene rings is 1. The van der Waals surface area contributed by atoms with Crippen LogP contribution in [0.15, 0.2) is 23.1 Å². The number of thioether (sulfide) groups is 1. The molecule has 20 heavy (non-hydrogen) atoms. The Morgan fingerprint density at radius 1 is 1.40 bits per heavy atom. The number of hydrogen-bond acceptors (Lipinski definition) is 4. The Hall–Kier alpha value is -1.67. The maximum atomic E-state index is 11.2. The zero-order chi connectivity index (χ0) is 14.5. The van der Waals surface area contributed by atoms with Crippen molar-refractivity contribution >= 4 is 23.4 Å². The minimum absolute atomic E-state index is 0.0148. The zero-order valence-corrected chi connectivity index (χ0v) is 12.4. The van der Waals surface area contributed by atoms with Crippen LogP contribution in [0.3, 0.4) is 0 Å². The molecule has 3 N–H and O–H groups in total. The van der Waals surface area contributed by atoms with Crippen molar-refractivity contribution in [2.45, 2.75) is 36.6 Å². The van der Waals surface area contributed by atoms with Gasteiger partial charge in [-0.3, -0.25) is 4.79 Å². The second kappa shape index (κ2) is 6.67. The van der Waals surface area contributed by atoms with Crippen LogP contribution in [-0.2, 0) is 4.79 Å². The molecule has 1 saturated carbocycles. The minimum atomic E-state index is -0.189. The molecule has 0 atom stereocenters. The fourth-order valence-electron chi connectivity index (χ4n) is 2.68. The second-order valence-corrected chi connectivity index (χ2v) is 5.94. The number of nitriles is 1. The maximum Gasteiger partial charge on any atom is 0.220 e. The maximum absolute atomic E-state index is 11.2. The number of amides is 1. The smallest absolute Gasteiger partial charge is 0.220 e. The third kappa shape index (κ3) is 3.26. The molecule has 1 fully saturated rings. The van der Waals surface area contributed by atoms with Gasteiger partial charge in [-0.05, 0) is 44.1 Å². The number of rotatable bonds is 4. The Morgan fingerprint density at radius 2 is 2.10 bits per heavy atom. The number of hydrogen-bond donors (Lipinski definition) is 2. The average Bonchev–Trinajstić information content (AvgIpc) is 2.47. The molecule has 2 rings (SSSR count). The van der Waals surface area contributed by atoms with E-state index in [4.69, 9.17) is 5.73 Å². The predicted molar refractivity (Wildman–Crippen MR) is 81.5 cm³/mol. The highest BCUT2D eigenvalue weighted by molar-refractivity contribution is 7.98. The van der Waals surface area contributed by atoms with Gasteiger partial charge in [-0.2, -0.15) is 5.26 Å². The van der Waals surface area contributed by atoms with Crippen LogP contribution in [0.4, 0.5) is 5.69 Å². The van der Waals surface area contributed by atoms with E-state index in [1.54, 1.807) is 11.8 Å². The van der Waals surface area contributed by atoms with E-state index in [9.17, 15) is 10.1 Å². The van der Waals surface area contributed by atoms with Crippen LogP contribution in [0.1, 0.15) is 31.2 Å².